The Morgan fingerprint density at radius 2 is 1.92 bits per heavy atom. The van der Waals surface area contributed by atoms with Crippen LogP contribution in [0.25, 0.3) is 10.9 Å². The number of para-hydroxylation sites is 1. The minimum Gasteiger partial charge on any atom is -0.357 e. The fourth-order valence-corrected chi connectivity index (χ4v) is 3.81. The van der Waals surface area contributed by atoms with E-state index in [4.69, 9.17) is 0 Å². The number of H-pyrrole nitrogens is 1. The van der Waals surface area contributed by atoms with Crippen molar-refractivity contribution in [3.8, 4) is 0 Å². The van der Waals surface area contributed by atoms with Crippen LogP contribution in [0.1, 0.15) is 42.1 Å². The number of likely N-dealkylation sites (tertiary alicyclic amines) is 1. The predicted octanol–water partition coefficient (Wildman–Crippen LogP) is 4.77. The number of carbonyl (C=O) groups is 1. The molecule has 0 bridgehead atoms. The maximum absolute atomic E-state index is 13.0. The number of nitrogens with zero attached hydrogens (tertiary/aromatic N) is 1. The van der Waals surface area contributed by atoms with E-state index >= 15 is 0 Å². The van der Waals surface area contributed by atoms with Crippen LogP contribution in [-0.2, 0) is 11.2 Å². The zero-order valence-corrected chi connectivity index (χ0v) is 14.7. The van der Waals surface area contributed by atoms with E-state index in [-0.39, 0.29) is 11.9 Å². The van der Waals surface area contributed by atoms with Crippen molar-refractivity contribution in [1.82, 2.24) is 9.88 Å². The molecule has 1 aromatic heterocycles. The molecule has 3 heteroatoms. The van der Waals surface area contributed by atoms with E-state index < -0.39 is 0 Å². The lowest BCUT2D eigenvalue weighted by atomic mass is 9.98. The van der Waals surface area contributed by atoms with Gasteiger partial charge in [0.15, 0.2) is 0 Å². The van der Waals surface area contributed by atoms with E-state index in [2.05, 4.69) is 65.3 Å². The predicted molar refractivity (Wildman–Crippen MR) is 101 cm³/mol. The lowest BCUT2D eigenvalue weighted by Gasteiger charge is -2.35. The minimum absolute atomic E-state index is 0.166. The molecule has 3 nitrogen and oxygen atoms in total. The Morgan fingerprint density at radius 1 is 1.12 bits per heavy atom. The molecule has 1 aliphatic heterocycles. The van der Waals surface area contributed by atoms with E-state index in [1.165, 1.54) is 17.4 Å². The molecule has 1 amide bonds. The number of nitrogens with one attached hydrogen (secondary N) is 1. The van der Waals surface area contributed by atoms with Gasteiger partial charge in [0.25, 0.3) is 0 Å². The molecule has 1 aliphatic rings. The molecule has 1 fully saturated rings. The summed E-state index contributed by atoms with van der Waals surface area (Å²) in [6.45, 7) is 2.92. The highest BCUT2D eigenvalue weighted by molar-refractivity contribution is 5.82. The number of hydrogen-bond acceptors (Lipinski definition) is 1. The molecule has 1 saturated heterocycles. The fraction of sp³-hybridized carbons (Fsp3) is 0.318. The van der Waals surface area contributed by atoms with Crippen molar-refractivity contribution in [3.63, 3.8) is 0 Å². The van der Waals surface area contributed by atoms with Crippen LogP contribution in [0.2, 0.25) is 0 Å². The van der Waals surface area contributed by atoms with Crippen molar-refractivity contribution in [2.75, 3.05) is 6.54 Å². The number of aromatic amines is 1. The van der Waals surface area contributed by atoms with Gasteiger partial charge in [0.1, 0.15) is 0 Å². The topological polar surface area (TPSA) is 36.1 Å². The smallest absolute Gasteiger partial charge is 0.227 e. The normalized spacial score (nSPS) is 17.8. The summed E-state index contributed by atoms with van der Waals surface area (Å²) < 4.78 is 0. The molecule has 0 spiro atoms. The Labute approximate surface area is 148 Å². The molecule has 0 saturated carbocycles. The van der Waals surface area contributed by atoms with Crippen molar-refractivity contribution in [2.24, 2.45) is 0 Å². The van der Waals surface area contributed by atoms with Gasteiger partial charge in [-0.2, -0.15) is 0 Å². The molecule has 0 radical (unpaired) electrons. The van der Waals surface area contributed by atoms with Gasteiger partial charge in [-0.15, -0.1) is 0 Å². The molecular weight excluding hydrogens is 308 g/mol. The summed E-state index contributed by atoms with van der Waals surface area (Å²) in [5.74, 6) is 0.229. The van der Waals surface area contributed by atoms with Gasteiger partial charge in [0.05, 0.1) is 12.5 Å². The van der Waals surface area contributed by atoms with E-state index in [0.717, 1.165) is 36.2 Å². The van der Waals surface area contributed by atoms with Crippen LogP contribution in [0, 0.1) is 6.92 Å². The zero-order valence-electron chi connectivity index (χ0n) is 14.7. The first-order valence-electron chi connectivity index (χ1n) is 9.13. The van der Waals surface area contributed by atoms with Gasteiger partial charge in [-0.3, -0.25) is 4.79 Å². The summed E-state index contributed by atoms with van der Waals surface area (Å²) >= 11 is 0. The summed E-state index contributed by atoms with van der Waals surface area (Å²) in [6.07, 6.45) is 3.79. The highest BCUT2D eigenvalue weighted by Gasteiger charge is 2.28. The van der Waals surface area contributed by atoms with Gasteiger partial charge in [-0.1, -0.05) is 48.0 Å². The number of fused-ring (bicyclic) bond motifs is 1. The molecular formula is C22H24N2O. The number of carbonyl (C=O) groups excluding carboxylic acids is 1. The van der Waals surface area contributed by atoms with Crippen LogP contribution < -0.4 is 0 Å². The summed E-state index contributed by atoms with van der Waals surface area (Å²) in [7, 11) is 0. The van der Waals surface area contributed by atoms with Crippen LogP contribution >= 0.6 is 0 Å². The van der Waals surface area contributed by atoms with Gasteiger partial charge in [0.2, 0.25) is 5.91 Å². The molecule has 1 N–H and O–H groups in total. The largest absolute Gasteiger partial charge is 0.357 e. The second kappa shape index (κ2) is 6.75. The molecule has 1 unspecified atom stereocenters. The summed E-state index contributed by atoms with van der Waals surface area (Å²) in [5, 5.41) is 1.22. The molecule has 2 aromatic carbocycles. The van der Waals surface area contributed by atoms with Crippen LogP contribution in [-0.4, -0.2) is 22.3 Å². The maximum Gasteiger partial charge on any atom is 0.227 e. The Balaban J connectivity index is 1.57. The Bertz CT molecular complexity index is 845. The third-order valence-corrected chi connectivity index (χ3v) is 5.21. The van der Waals surface area contributed by atoms with E-state index in [0.29, 0.717) is 6.42 Å². The van der Waals surface area contributed by atoms with Crippen LogP contribution in [0.15, 0.2) is 54.6 Å². The standard InChI is InChI=1S/C22H24N2O/c1-16-9-11-17(12-10-16)14-22(25)24-13-5-4-8-21(24)20-15-18-6-2-3-7-19(18)23-20/h2-3,6-7,9-12,15,21,23H,4-5,8,13-14H2,1H3. The number of rotatable bonds is 3. The second-order valence-electron chi connectivity index (χ2n) is 7.07. The van der Waals surface area contributed by atoms with Crippen molar-refractivity contribution in [2.45, 2.75) is 38.6 Å². The van der Waals surface area contributed by atoms with E-state index in [1.54, 1.807) is 0 Å². The van der Waals surface area contributed by atoms with Gasteiger partial charge in [0, 0.05) is 17.8 Å². The Hall–Kier alpha value is -2.55. The van der Waals surface area contributed by atoms with Crippen LogP contribution in [0.3, 0.4) is 0 Å². The minimum atomic E-state index is 0.166. The lowest BCUT2D eigenvalue weighted by molar-refractivity contribution is -0.134. The summed E-state index contributed by atoms with van der Waals surface area (Å²) in [6, 6.07) is 19.0. The van der Waals surface area contributed by atoms with Crippen molar-refractivity contribution in [3.05, 3.63) is 71.4 Å². The number of amides is 1. The molecule has 1 atom stereocenters. The number of aromatic nitrogens is 1. The third kappa shape index (κ3) is 3.32. The summed E-state index contributed by atoms with van der Waals surface area (Å²) in [4.78, 5) is 18.6. The number of aryl methyl sites for hydroxylation is 1. The number of hydrogen-bond donors (Lipinski definition) is 1. The first-order chi connectivity index (χ1) is 12.2. The fourth-order valence-electron chi connectivity index (χ4n) is 3.81. The Morgan fingerprint density at radius 3 is 2.72 bits per heavy atom. The van der Waals surface area contributed by atoms with Crippen molar-refractivity contribution < 1.29 is 4.79 Å². The molecule has 4 rings (SSSR count). The highest BCUT2D eigenvalue weighted by Crippen LogP contribution is 2.32. The zero-order chi connectivity index (χ0) is 17.2. The quantitative estimate of drug-likeness (QED) is 0.736. The van der Waals surface area contributed by atoms with Gasteiger partial charge < -0.3 is 9.88 Å². The monoisotopic (exact) mass is 332 g/mol. The van der Waals surface area contributed by atoms with Gasteiger partial charge in [-0.25, -0.2) is 0 Å². The average molecular weight is 332 g/mol. The van der Waals surface area contributed by atoms with Crippen molar-refractivity contribution in [1.29, 1.82) is 0 Å². The first kappa shape index (κ1) is 15.9. The van der Waals surface area contributed by atoms with Crippen LogP contribution in [0.4, 0.5) is 0 Å². The van der Waals surface area contributed by atoms with Gasteiger partial charge in [-0.05, 0) is 49.3 Å². The molecule has 25 heavy (non-hydrogen) atoms. The molecule has 128 valence electrons. The number of benzene rings is 2. The van der Waals surface area contributed by atoms with Crippen LogP contribution in [0.5, 0.6) is 0 Å². The highest BCUT2D eigenvalue weighted by atomic mass is 16.2. The second-order valence-corrected chi connectivity index (χ2v) is 7.07. The number of piperidine rings is 1. The molecule has 2 heterocycles. The maximum atomic E-state index is 13.0. The first-order valence-corrected chi connectivity index (χ1v) is 9.13. The Kier molecular flexibility index (Phi) is 4.31. The third-order valence-electron chi connectivity index (χ3n) is 5.21. The van der Waals surface area contributed by atoms with Crippen molar-refractivity contribution >= 4 is 16.8 Å². The SMILES string of the molecule is Cc1ccc(CC(=O)N2CCCCC2c2cc3ccccc3[nH]2)cc1. The average Bonchev–Trinajstić information content (AvgIpc) is 3.07. The van der Waals surface area contributed by atoms with Gasteiger partial charge >= 0.3 is 0 Å². The molecule has 0 aliphatic carbocycles. The van der Waals surface area contributed by atoms with E-state index in [1.807, 2.05) is 6.07 Å². The lowest BCUT2D eigenvalue weighted by Crippen LogP contribution is -2.39. The molecule has 3 aromatic rings. The summed E-state index contributed by atoms with van der Waals surface area (Å²) in [5.41, 5.74) is 4.63. The van der Waals surface area contributed by atoms with E-state index in [9.17, 15) is 4.79 Å².